The number of hydrogen-bond acceptors (Lipinski definition) is 4. The van der Waals surface area contributed by atoms with E-state index < -0.39 is 0 Å². The summed E-state index contributed by atoms with van der Waals surface area (Å²) in [5.74, 6) is 0. The fourth-order valence-corrected chi connectivity index (χ4v) is 1.45. The first-order chi connectivity index (χ1) is 6.31. The molecule has 0 aliphatic heterocycles. The SMILES string of the molecule is CSc1nc2cnccc2c(=O)[nH]1. The van der Waals surface area contributed by atoms with Gasteiger partial charge in [0.25, 0.3) is 5.56 Å². The zero-order chi connectivity index (χ0) is 9.26. The molecule has 2 rings (SSSR count). The van der Waals surface area contributed by atoms with Gasteiger partial charge in [-0.05, 0) is 12.3 Å². The summed E-state index contributed by atoms with van der Waals surface area (Å²) in [5.41, 5.74) is 0.521. The van der Waals surface area contributed by atoms with E-state index in [4.69, 9.17) is 0 Å². The number of thioether (sulfide) groups is 1. The van der Waals surface area contributed by atoms with Crippen molar-refractivity contribution in [1.82, 2.24) is 15.0 Å². The molecule has 0 unspecified atom stereocenters. The molecule has 0 atom stereocenters. The van der Waals surface area contributed by atoms with Crippen molar-refractivity contribution in [3.63, 3.8) is 0 Å². The molecule has 0 saturated heterocycles. The number of nitrogens with zero attached hydrogens (tertiary/aromatic N) is 2. The molecular weight excluding hydrogens is 186 g/mol. The van der Waals surface area contributed by atoms with Crippen LogP contribution in [0.5, 0.6) is 0 Å². The number of hydrogen-bond donors (Lipinski definition) is 1. The quantitative estimate of drug-likeness (QED) is 0.543. The molecule has 0 fully saturated rings. The Bertz CT molecular complexity index is 494. The van der Waals surface area contributed by atoms with Crippen LogP contribution in [0.4, 0.5) is 0 Å². The van der Waals surface area contributed by atoms with E-state index in [0.717, 1.165) is 0 Å². The molecule has 0 spiro atoms. The van der Waals surface area contributed by atoms with Crippen LogP contribution in [-0.2, 0) is 0 Å². The van der Waals surface area contributed by atoms with Crippen LogP contribution in [0.3, 0.4) is 0 Å². The highest BCUT2D eigenvalue weighted by atomic mass is 32.2. The average Bonchev–Trinajstić information content (AvgIpc) is 2.18. The summed E-state index contributed by atoms with van der Waals surface area (Å²) in [5, 5.41) is 1.19. The van der Waals surface area contributed by atoms with E-state index >= 15 is 0 Å². The van der Waals surface area contributed by atoms with Gasteiger partial charge in [-0.25, -0.2) is 4.98 Å². The second-order valence-electron chi connectivity index (χ2n) is 2.47. The zero-order valence-corrected chi connectivity index (χ0v) is 7.76. The van der Waals surface area contributed by atoms with E-state index in [1.54, 1.807) is 18.5 Å². The zero-order valence-electron chi connectivity index (χ0n) is 6.94. The minimum atomic E-state index is -0.114. The highest BCUT2D eigenvalue weighted by Crippen LogP contribution is 2.09. The maximum Gasteiger partial charge on any atom is 0.259 e. The molecule has 5 heteroatoms. The molecule has 0 bridgehead atoms. The van der Waals surface area contributed by atoms with Gasteiger partial charge >= 0.3 is 0 Å². The van der Waals surface area contributed by atoms with Crippen LogP contribution < -0.4 is 5.56 Å². The molecule has 0 saturated carbocycles. The van der Waals surface area contributed by atoms with E-state index in [0.29, 0.717) is 16.1 Å². The van der Waals surface area contributed by atoms with Gasteiger partial charge in [-0.3, -0.25) is 9.78 Å². The second kappa shape index (κ2) is 3.18. The minimum absolute atomic E-state index is 0.114. The number of nitrogens with one attached hydrogen (secondary N) is 1. The third kappa shape index (κ3) is 1.42. The summed E-state index contributed by atoms with van der Waals surface area (Å²) in [6.45, 7) is 0. The highest BCUT2D eigenvalue weighted by molar-refractivity contribution is 7.98. The first kappa shape index (κ1) is 8.25. The van der Waals surface area contributed by atoms with Crippen molar-refractivity contribution in [2.75, 3.05) is 6.26 Å². The first-order valence-corrected chi connectivity index (χ1v) is 4.92. The monoisotopic (exact) mass is 193 g/mol. The third-order valence-electron chi connectivity index (χ3n) is 1.68. The van der Waals surface area contributed by atoms with Gasteiger partial charge in [0, 0.05) is 6.20 Å². The molecule has 2 heterocycles. The molecule has 0 aliphatic carbocycles. The number of H-pyrrole nitrogens is 1. The number of pyridine rings is 1. The molecular formula is C8H7N3OS. The summed E-state index contributed by atoms with van der Waals surface area (Å²) < 4.78 is 0. The van der Waals surface area contributed by atoms with Crippen molar-refractivity contribution in [2.24, 2.45) is 0 Å². The van der Waals surface area contributed by atoms with Crippen LogP contribution in [0.15, 0.2) is 28.4 Å². The molecule has 0 amide bonds. The lowest BCUT2D eigenvalue weighted by Gasteiger charge is -1.97. The Labute approximate surface area is 78.4 Å². The van der Waals surface area contributed by atoms with Gasteiger partial charge in [-0.2, -0.15) is 0 Å². The van der Waals surface area contributed by atoms with Crippen LogP contribution in [0.25, 0.3) is 10.9 Å². The van der Waals surface area contributed by atoms with Crippen LogP contribution >= 0.6 is 11.8 Å². The largest absolute Gasteiger partial charge is 0.301 e. The molecule has 4 nitrogen and oxygen atoms in total. The van der Waals surface area contributed by atoms with Crippen LogP contribution in [-0.4, -0.2) is 21.2 Å². The lowest BCUT2D eigenvalue weighted by Crippen LogP contribution is -2.08. The van der Waals surface area contributed by atoms with E-state index in [2.05, 4.69) is 15.0 Å². The van der Waals surface area contributed by atoms with Gasteiger partial charge in [0.2, 0.25) is 0 Å². The summed E-state index contributed by atoms with van der Waals surface area (Å²) in [4.78, 5) is 22.2. The van der Waals surface area contributed by atoms with Crippen molar-refractivity contribution < 1.29 is 0 Å². The van der Waals surface area contributed by atoms with Gasteiger partial charge < -0.3 is 4.98 Å². The molecule has 0 aromatic carbocycles. The van der Waals surface area contributed by atoms with Crippen LogP contribution in [0.2, 0.25) is 0 Å². The van der Waals surface area contributed by atoms with E-state index in [-0.39, 0.29) is 5.56 Å². The Morgan fingerprint density at radius 3 is 3.15 bits per heavy atom. The number of aromatic nitrogens is 3. The predicted octanol–water partition coefficient (Wildman–Crippen LogP) is 1.04. The number of rotatable bonds is 1. The fourth-order valence-electron chi connectivity index (χ4n) is 1.07. The van der Waals surface area contributed by atoms with Crippen molar-refractivity contribution in [3.8, 4) is 0 Å². The van der Waals surface area contributed by atoms with Crippen LogP contribution in [0.1, 0.15) is 0 Å². The maximum absolute atomic E-state index is 11.4. The molecule has 1 N–H and O–H groups in total. The molecule has 0 radical (unpaired) electrons. The number of aromatic amines is 1. The van der Waals surface area contributed by atoms with Crippen molar-refractivity contribution in [1.29, 1.82) is 0 Å². The molecule has 0 aliphatic rings. The molecule has 13 heavy (non-hydrogen) atoms. The average molecular weight is 193 g/mol. The van der Waals surface area contributed by atoms with Crippen molar-refractivity contribution >= 4 is 22.7 Å². The molecule has 2 aromatic rings. The Morgan fingerprint density at radius 2 is 2.38 bits per heavy atom. The Hall–Kier alpha value is -1.36. The Morgan fingerprint density at radius 1 is 1.54 bits per heavy atom. The van der Waals surface area contributed by atoms with Gasteiger partial charge in [0.1, 0.15) is 0 Å². The lowest BCUT2D eigenvalue weighted by molar-refractivity contribution is 0.974. The van der Waals surface area contributed by atoms with E-state index in [1.807, 2.05) is 6.26 Å². The first-order valence-electron chi connectivity index (χ1n) is 3.69. The normalized spacial score (nSPS) is 10.5. The smallest absolute Gasteiger partial charge is 0.259 e. The highest BCUT2D eigenvalue weighted by Gasteiger charge is 2.01. The molecule has 66 valence electrons. The van der Waals surface area contributed by atoms with Crippen molar-refractivity contribution in [3.05, 3.63) is 28.8 Å². The van der Waals surface area contributed by atoms with Crippen LogP contribution in [0, 0.1) is 0 Å². The Balaban J connectivity index is 2.85. The Kier molecular flexibility index (Phi) is 2.02. The minimum Gasteiger partial charge on any atom is -0.301 e. The van der Waals surface area contributed by atoms with Gasteiger partial charge in [0.15, 0.2) is 5.16 Å². The fraction of sp³-hybridized carbons (Fsp3) is 0.125. The standard InChI is InChI=1S/C8H7N3OS/c1-13-8-10-6-4-9-3-2-5(6)7(12)11-8/h2-4H,1H3,(H,10,11,12). The van der Waals surface area contributed by atoms with Gasteiger partial charge in [-0.1, -0.05) is 11.8 Å². The van der Waals surface area contributed by atoms with Crippen molar-refractivity contribution in [2.45, 2.75) is 5.16 Å². The van der Waals surface area contributed by atoms with Gasteiger partial charge in [0.05, 0.1) is 17.1 Å². The summed E-state index contributed by atoms with van der Waals surface area (Å²) in [6, 6.07) is 1.66. The third-order valence-corrected chi connectivity index (χ3v) is 2.26. The predicted molar refractivity (Wildman–Crippen MR) is 51.9 cm³/mol. The van der Waals surface area contributed by atoms with E-state index in [1.165, 1.54) is 11.8 Å². The topological polar surface area (TPSA) is 58.6 Å². The summed E-state index contributed by atoms with van der Waals surface area (Å²) in [6.07, 6.45) is 5.03. The van der Waals surface area contributed by atoms with Gasteiger partial charge in [-0.15, -0.1) is 0 Å². The molecule has 2 aromatic heterocycles. The summed E-state index contributed by atoms with van der Waals surface area (Å²) >= 11 is 1.40. The lowest BCUT2D eigenvalue weighted by atomic mass is 10.3. The van der Waals surface area contributed by atoms with E-state index in [9.17, 15) is 4.79 Å². The number of fused-ring (bicyclic) bond motifs is 1. The maximum atomic E-state index is 11.4. The summed E-state index contributed by atoms with van der Waals surface area (Å²) in [7, 11) is 0. The second-order valence-corrected chi connectivity index (χ2v) is 3.26.